The van der Waals surface area contributed by atoms with Gasteiger partial charge in [-0.25, -0.2) is 4.39 Å². The minimum Gasteiger partial charge on any atom is -0.349 e. The molecule has 4 heteroatoms. The number of halogens is 1. The van der Waals surface area contributed by atoms with E-state index in [1.165, 1.54) is 16.5 Å². The lowest BCUT2D eigenvalue weighted by Gasteiger charge is -2.30. The summed E-state index contributed by atoms with van der Waals surface area (Å²) in [5.74, 6) is -0.175. The molecule has 0 aromatic heterocycles. The molecule has 27 heavy (non-hydrogen) atoms. The Labute approximate surface area is 158 Å². The summed E-state index contributed by atoms with van der Waals surface area (Å²) in [6.45, 7) is 3.05. The van der Waals surface area contributed by atoms with Crippen LogP contribution in [0.4, 0.5) is 4.39 Å². The number of benzene rings is 3. The molecule has 0 bridgehead atoms. The Morgan fingerprint density at radius 3 is 2.44 bits per heavy atom. The van der Waals surface area contributed by atoms with Crippen LogP contribution in [-0.4, -0.2) is 25.0 Å². The van der Waals surface area contributed by atoms with E-state index in [0.717, 1.165) is 48.8 Å². The Kier molecular flexibility index (Phi) is 5.16. The normalized spacial score (nSPS) is 19.7. The second kappa shape index (κ2) is 7.89. The van der Waals surface area contributed by atoms with Crippen molar-refractivity contribution in [2.75, 3.05) is 13.1 Å². The minimum atomic E-state index is -0.194. The van der Waals surface area contributed by atoms with Crippen LogP contribution in [0.3, 0.4) is 0 Å². The fourth-order valence-corrected chi connectivity index (χ4v) is 3.87. The lowest BCUT2D eigenvalue weighted by molar-refractivity contribution is -0.918. The third-order valence-electron chi connectivity index (χ3n) is 5.38. The zero-order valence-corrected chi connectivity index (χ0v) is 15.2. The number of likely N-dealkylation sites (tertiary alicyclic amines) is 1. The minimum absolute atomic E-state index is 0.0193. The number of carbonyl (C=O) groups excluding carboxylic acids is 1. The van der Waals surface area contributed by atoms with Crippen LogP contribution < -0.4 is 10.2 Å². The molecule has 1 amide bonds. The summed E-state index contributed by atoms with van der Waals surface area (Å²) in [5, 5.41) is 5.18. The highest BCUT2D eigenvalue weighted by atomic mass is 19.1. The lowest BCUT2D eigenvalue weighted by atomic mass is 10.0. The van der Waals surface area contributed by atoms with Crippen LogP contribution in [0.5, 0.6) is 0 Å². The molecule has 3 aromatic carbocycles. The number of rotatable bonds is 4. The molecule has 3 aromatic rings. The molecule has 0 spiro atoms. The van der Waals surface area contributed by atoms with E-state index in [0.29, 0.717) is 0 Å². The van der Waals surface area contributed by atoms with E-state index in [4.69, 9.17) is 0 Å². The molecule has 0 radical (unpaired) electrons. The Morgan fingerprint density at radius 2 is 1.67 bits per heavy atom. The van der Waals surface area contributed by atoms with Crippen LogP contribution in [0.2, 0.25) is 0 Å². The molecular weight excluding hydrogens is 339 g/mol. The Hall–Kier alpha value is -2.72. The second-order valence-corrected chi connectivity index (χ2v) is 7.37. The van der Waals surface area contributed by atoms with Gasteiger partial charge in [-0.05, 0) is 41.1 Å². The monoisotopic (exact) mass is 363 g/mol. The van der Waals surface area contributed by atoms with E-state index in [-0.39, 0.29) is 17.8 Å². The Morgan fingerprint density at radius 1 is 0.963 bits per heavy atom. The highest BCUT2D eigenvalue weighted by Crippen LogP contribution is 2.17. The number of nitrogens with one attached hydrogen (secondary N) is 2. The third kappa shape index (κ3) is 4.34. The summed E-state index contributed by atoms with van der Waals surface area (Å²) in [6.07, 6.45) is 1.99. The van der Waals surface area contributed by atoms with Gasteiger partial charge in [0.25, 0.3) is 5.91 Å². The van der Waals surface area contributed by atoms with Crippen molar-refractivity contribution in [2.45, 2.75) is 25.4 Å². The van der Waals surface area contributed by atoms with Crippen molar-refractivity contribution in [1.82, 2.24) is 5.32 Å². The standard InChI is InChI=1S/C23H23FN2O/c24-21-9-8-19-14-17(6-7-20(19)15-21)16-26-12-10-22(11-13-26)25-23(27)18-4-2-1-3-5-18/h1-9,14-15,22H,10-13,16H2,(H,25,27)/p+1. The highest BCUT2D eigenvalue weighted by Gasteiger charge is 2.23. The van der Waals surface area contributed by atoms with Crippen LogP contribution in [0.15, 0.2) is 66.7 Å². The van der Waals surface area contributed by atoms with Crippen molar-refractivity contribution in [3.63, 3.8) is 0 Å². The van der Waals surface area contributed by atoms with Crippen LogP contribution >= 0.6 is 0 Å². The molecule has 0 unspecified atom stereocenters. The van der Waals surface area contributed by atoms with E-state index in [1.807, 2.05) is 42.5 Å². The van der Waals surface area contributed by atoms with Gasteiger partial charge in [0.05, 0.1) is 13.1 Å². The van der Waals surface area contributed by atoms with Gasteiger partial charge in [0.15, 0.2) is 0 Å². The molecule has 1 aliphatic heterocycles. The molecule has 0 saturated carbocycles. The number of amides is 1. The lowest BCUT2D eigenvalue weighted by Crippen LogP contribution is -3.12. The van der Waals surface area contributed by atoms with Gasteiger partial charge in [0, 0.05) is 30.0 Å². The topological polar surface area (TPSA) is 33.5 Å². The first kappa shape index (κ1) is 17.7. The summed E-state index contributed by atoms with van der Waals surface area (Å²) in [6, 6.07) is 20.8. The maximum Gasteiger partial charge on any atom is 0.251 e. The molecule has 3 nitrogen and oxygen atoms in total. The zero-order chi connectivity index (χ0) is 18.6. The van der Waals surface area contributed by atoms with Gasteiger partial charge in [-0.1, -0.05) is 36.4 Å². The molecule has 2 N–H and O–H groups in total. The van der Waals surface area contributed by atoms with Crippen LogP contribution in [-0.2, 0) is 6.54 Å². The quantitative estimate of drug-likeness (QED) is 0.734. The van der Waals surface area contributed by atoms with Crippen molar-refractivity contribution < 1.29 is 14.1 Å². The molecule has 4 rings (SSSR count). The number of fused-ring (bicyclic) bond motifs is 1. The summed E-state index contributed by atoms with van der Waals surface area (Å²) in [5.41, 5.74) is 2.00. The molecule has 138 valence electrons. The second-order valence-electron chi connectivity index (χ2n) is 7.37. The molecule has 1 heterocycles. The fourth-order valence-electron chi connectivity index (χ4n) is 3.87. The van der Waals surface area contributed by atoms with E-state index < -0.39 is 0 Å². The molecule has 0 atom stereocenters. The third-order valence-corrected chi connectivity index (χ3v) is 5.38. The van der Waals surface area contributed by atoms with Gasteiger partial charge in [-0.3, -0.25) is 4.79 Å². The van der Waals surface area contributed by atoms with Crippen molar-refractivity contribution in [3.05, 3.63) is 83.7 Å². The number of carbonyl (C=O) groups is 1. The summed E-state index contributed by atoms with van der Waals surface area (Å²) in [7, 11) is 0. The van der Waals surface area contributed by atoms with E-state index >= 15 is 0 Å². The molecule has 1 saturated heterocycles. The molecule has 1 fully saturated rings. The van der Waals surface area contributed by atoms with E-state index in [9.17, 15) is 9.18 Å². The van der Waals surface area contributed by atoms with Gasteiger partial charge < -0.3 is 10.2 Å². The predicted molar refractivity (Wildman–Crippen MR) is 105 cm³/mol. The molecular formula is C23H24FN2O+. The van der Waals surface area contributed by atoms with E-state index in [2.05, 4.69) is 17.4 Å². The highest BCUT2D eigenvalue weighted by molar-refractivity contribution is 5.94. The smallest absolute Gasteiger partial charge is 0.251 e. The SMILES string of the molecule is O=C(NC1CC[NH+](Cc2ccc3cc(F)ccc3c2)CC1)c1ccccc1. The van der Waals surface area contributed by atoms with E-state index in [1.54, 1.807) is 6.07 Å². The first-order valence-corrected chi connectivity index (χ1v) is 9.55. The Balaban J connectivity index is 1.32. The first-order valence-electron chi connectivity index (χ1n) is 9.55. The number of hydrogen-bond donors (Lipinski definition) is 2. The van der Waals surface area contributed by atoms with Gasteiger partial charge >= 0.3 is 0 Å². The van der Waals surface area contributed by atoms with Crippen LogP contribution in [0, 0.1) is 5.82 Å². The van der Waals surface area contributed by atoms with Crippen LogP contribution in [0.1, 0.15) is 28.8 Å². The maximum atomic E-state index is 13.3. The van der Waals surface area contributed by atoms with Gasteiger partial charge in [-0.2, -0.15) is 0 Å². The van der Waals surface area contributed by atoms with Gasteiger partial charge in [0.2, 0.25) is 0 Å². The number of quaternary nitrogens is 1. The molecule has 0 aliphatic carbocycles. The predicted octanol–water partition coefficient (Wildman–Crippen LogP) is 2.96. The first-order chi connectivity index (χ1) is 13.2. The van der Waals surface area contributed by atoms with Gasteiger partial charge in [-0.15, -0.1) is 0 Å². The van der Waals surface area contributed by atoms with Crippen LogP contribution in [0.25, 0.3) is 10.8 Å². The number of hydrogen-bond acceptors (Lipinski definition) is 1. The largest absolute Gasteiger partial charge is 0.349 e. The average Bonchev–Trinajstić information content (AvgIpc) is 2.70. The summed E-state index contributed by atoms with van der Waals surface area (Å²) < 4.78 is 13.3. The van der Waals surface area contributed by atoms with Crippen molar-refractivity contribution in [2.24, 2.45) is 0 Å². The average molecular weight is 363 g/mol. The van der Waals surface area contributed by atoms with Crippen molar-refractivity contribution in [3.8, 4) is 0 Å². The maximum absolute atomic E-state index is 13.3. The molecule has 1 aliphatic rings. The fraction of sp³-hybridized carbons (Fsp3) is 0.261. The van der Waals surface area contributed by atoms with Gasteiger partial charge in [0.1, 0.15) is 12.4 Å². The van der Waals surface area contributed by atoms with Crippen molar-refractivity contribution in [1.29, 1.82) is 0 Å². The number of piperidine rings is 1. The summed E-state index contributed by atoms with van der Waals surface area (Å²) in [4.78, 5) is 13.8. The summed E-state index contributed by atoms with van der Waals surface area (Å²) >= 11 is 0. The zero-order valence-electron chi connectivity index (χ0n) is 15.2. The van der Waals surface area contributed by atoms with Crippen molar-refractivity contribution >= 4 is 16.7 Å². The Bertz CT molecular complexity index is 934.